The van der Waals surface area contributed by atoms with E-state index in [-0.39, 0.29) is 0 Å². The number of alkyl halides is 1. The molecule has 0 spiro atoms. The van der Waals surface area contributed by atoms with E-state index in [4.69, 9.17) is 11.6 Å². The maximum absolute atomic E-state index is 12.3. The third-order valence-corrected chi connectivity index (χ3v) is 5.41. The number of amides is 1. The van der Waals surface area contributed by atoms with Gasteiger partial charge in [-0.05, 0) is 62.2 Å². The van der Waals surface area contributed by atoms with E-state index >= 15 is 0 Å². The summed E-state index contributed by atoms with van der Waals surface area (Å²) in [5, 5.41) is 3.09. The number of rotatable bonds is 4. The Balaban J connectivity index is 1.61. The van der Waals surface area contributed by atoms with Gasteiger partial charge in [0.2, 0.25) is 5.91 Å². The van der Waals surface area contributed by atoms with Crippen LogP contribution in [0.4, 0.5) is 0 Å². The van der Waals surface area contributed by atoms with Crippen LogP contribution >= 0.6 is 11.6 Å². The average Bonchev–Trinajstić information content (AvgIpc) is 2.27. The van der Waals surface area contributed by atoms with Crippen molar-refractivity contribution in [3.05, 3.63) is 0 Å². The predicted molar refractivity (Wildman–Crippen MR) is 68.9 cm³/mol. The van der Waals surface area contributed by atoms with Crippen LogP contribution in [-0.4, -0.2) is 18.3 Å². The van der Waals surface area contributed by atoms with E-state index < -0.39 is 0 Å². The molecule has 4 aliphatic carbocycles. The second kappa shape index (κ2) is 4.79. The van der Waals surface area contributed by atoms with Gasteiger partial charge in [-0.15, -0.1) is 11.6 Å². The number of carbonyl (C=O) groups is 1. The topological polar surface area (TPSA) is 29.1 Å². The van der Waals surface area contributed by atoms with Crippen molar-refractivity contribution < 1.29 is 4.79 Å². The minimum atomic E-state index is 0.323. The molecule has 1 N–H and O–H groups in total. The molecule has 3 heteroatoms. The van der Waals surface area contributed by atoms with Gasteiger partial charge in [-0.25, -0.2) is 0 Å². The number of carbonyl (C=O) groups excluding carboxylic acids is 1. The molecule has 17 heavy (non-hydrogen) atoms. The maximum atomic E-state index is 12.3. The van der Waals surface area contributed by atoms with Gasteiger partial charge in [-0.3, -0.25) is 4.79 Å². The van der Waals surface area contributed by atoms with E-state index in [0.29, 0.717) is 29.5 Å². The van der Waals surface area contributed by atoms with Crippen LogP contribution < -0.4 is 5.32 Å². The van der Waals surface area contributed by atoms with Crippen LogP contribution in [0.25, 0.3) is 0 Å². The molecule has 4 aliphatic rings. The number of hydrogen-bond acceptors (Lipinski definition) is 1. The van der Waals surface area contributed by atoms with E-state index in [2.05, 4.69) is 5.32 Å². The molecule has 4 fully saturated rings. The standard InChI is InChI=1S/C14H22ClNO/c15-2-1-3-16-14(17)13-11-5-9-4-10(7-11)8-12(13)6-9/h9-13H,1-8H2,(H,16,17). The monoisotopic (exact) mass is 255 g/mol. The van der Waals surface area contributed by atoms with Gasteiger partial charge in [-0.1, -0.05) is 0 Å². The van der Waals surface area contributed by atoms with Gasteiger partial charge in [0.15, 0.2) is 0 Å². The first-order valence-electron chi connectivity index (χ1n) is 7.11. The van der Waals surface area contributed by atoms with E-state index in [9.17, 15) is 4.79 Å². The van der Waals surface area contributed by atoms with Crippen molar-refractivity contribution in [2.24, 2.45) is 29.6 Å². The van der Waals surface area contributed by atoms with E-state index in [1.807, 2.05) is 0 Å². The Bertz CT molecular complexity index is 277. The highest BCUT2D eigenvalue weighted by Gasteiger charge is 2.50. The second-order valence-electron chi connectivity index (χ2n) is 6.29. The fourth-order valence-electron chi connectivity index (χ4n) is 4.75. The normalized spacial score (nSPS) is 42.8. The van der Waals surface area contributed by atoms with Gasteiger partial charge in [0, 0.05) is 18.3 Å². The average molecular weight is 256 g/mol. The summed E-state index contributed by atoms with van der Waals surface area (Å²) in [7, 11) is 0. The summed E-state index contributed by atoms with van der Waals surface area (Å²) in [5.41, 5.74) is 0. The SMILES string of the molecule is O=C(NCCCCl)C1C2CC3CC(C2)CC1C3. The molecule has 0 aromatic carbocycles. The number of halogens is 1. The lowest BCUT2D eigenvalue weighted by Crippen LogP contribution is -2.51. The zero-order valence-electron chi connectivity index (χ0n) is 10.3. The summed E-state index contributed by atoms with van der Waals surface area (Å²) < 4.78 is 0. The van der Waals surface area contributed by atoms with Crippen LogP contribution in [0, 0.1) is 29.6 Å². The molecule has 0 aromatic rings. The molecule has 0 unspecified atom stereocenters. The van der Waals surface area contributed by atoms with Crippen molar-refractivity contribution in [1.82, 2.24) is 5.32 Å². The molecule has 0 radical (unpaired) electrons. The summed E-state index contributed by atoms with van der Waals surface area (Å²) in [5.74, 6) is 4.59. The van der Waals surface area contributed by atoms with Gasteiger partial charge in [0.05, 0.1) is 0 Å². The third kappa shape index (κ3) is 2.21. The van der Waals surface area contributed by atoms with Crippen LogP contribution in [0.15, 0.2) is 0 Å². The molecule has 4 bridgehead atoms. The molecule has 0 heterocycles. The lowest BCUT2D eigenvalue weighted by molar-refractivity contribution is -0.138. The van der Waals surface area contributed by atoms with Gasteiger partial charge >= 0.3 is 0 Å². The number of hydrogen-bond donors (Lipinski definition) is 1. The lowest BCUT2D eigenvalue weighted by Gasteiger charge is -2.53. The van der Waals surface area contributed by atoms with Crippen LogP contribution in [0.5, 0.6) is 0 Å². The Hall–Kier alpha value is -0.240. The third-order valence-electron chi connectivity index (χ3n) is 5.14. The zero-order chi connectivity index (χ0) is 11.8. The quantitative estimate of drug-likeness (QED) is 0.608. The van der Waals surface area contributed by atoms with E-state index in [0.717, 1.165) is 24.8 Å². The Labute approximate surface area is 108 Å². The van der Waals surface area contributed by atoms with Gasteiger partial charge in [0.1, 0.15) is 0 Å². The first kappa shape index (κ1) is 11.8. The summed E-state index contributed by atoms with van der Waals surface area (Å²) in [6.45, 7) is 0.755. The van der Waals surface area contributed by atoms with Crippen LogP contribution in [0.2, 0.25) is 0 Å². The highest BCUT2D eigenvalue weighted by Crippen LogP contribution is 2.56. The Kier molecular flexibility index (Phi) is 3.34. The van der Waals surface area contributed by atoms with Gasteiger partial charge in [0.25, 0.3) is 0 Å². The summed E-state index contributed by atoms with van der Waals surface area (Å²) in [6.07, 6.45) is 7.62. The van der Waals surface area contributed by atoms with Crippen LogP contribution in [0.1, 0.15) is 38.5 Å². The smallest absolute Gasteiger partial charge is 0.223 e. The summed E-state index contributed by atoms with van der Waals surface area (Å²) in [4.78, 5) is 12.3. The Morgan fingerprint density at radius 2 is 1.65 bits per heavy atom. The minimum Gasteiger partial charge on any atom is -0.356 e. The Morgan fingerprint density at radius 1 is 1.06 bits per heavy atom. The molecule has 1 amide bonds. The van der Waals surface area contributed by atoms with Gasteiger partial charge in [-0.2, -0.15) is 0 Å². The molecule has 2 nitrogen and oxygen atoms in total. The Morgan fingerprint density at radius 3 is 2.18 bits per heavy atom. The lowest BCUT2D eigenvalue weighted by atomic mass is 9.51. The molecular weight excluding hydrogens is 234 g/mol. The van der Waals surface area contributed by atoms with Crippen molar-refractivity contribution in [1.29, 1.82) is 0 Å². The first-order chi connectivity index (χ1) is 8.28. The van der Waals surface area contributed by atoms with Crippen molar-refractivity contribution in [3.63, 3.8) is 0 Å². The molecule has 0 atom stereocenters. The maximum Gasteiger partial charge on any atom is 0.223 e. The summed E-state index contributed by atoms with van der Waals surface area (Å²) >= 11 is 5.64. The highest BCUT2D eigenvalue weighted by molar-refractivity contribution is 6.17. The predicted octanol–water partition coefficient (Wildman–Crippen LogP) is 2.80. The molecule has 0 aromatic heterocycles. The fourth-order valence-corrected chi connectivity index (χ4v) is 4.88. The van der Waals surface area contributed by atoms with Crippen LogP contribution in [0.3, 0.4) is 0 Å². The molecule has 4 rings (SSSR count). The fraction of sp³-hybridized carbons (Fsp3) is 0.929. The first-order valence-corrected chi connectivity index (χ1v) is 7.65. The highest BCUT2D eigenvalue weighted by atomic mass is 35.5. The number of nitrogens with one attached hydrogen (secondary N) is 1. The van der Waals surface area contributed by atoms with Crippen molar-refractivity contribution in [2.45, 2.75) is 38.5 Å². The molecule has 96 valence electrons. The molecule has 0 saturated heterocycles. The second-order valence-corrected chi connectivity index (χ2v) is 6.67. The molecule has 0 aliphatic heterocycles. The van der Waals surface area contributed by atoms with E-state index in [1.165, 1.54) is 32.1 Å². The van der Waals surface area contributed by atoms with Crippen molar-refractivity contribution in [2.75, 3.05) is 12.4 Å². The van der Waals surface area contributed by atoms with Crippen LogP contribution in [-0.2, 0) is 4.79 Å². The van der Waals surface area contributed by atoms with E-state index in [1.54, 1.807) is 0 Å². The van der Waals surface area contributed by atoms with Crippen molar-refractivity contribution in [3.8, 4) is 0 Å². The largest absolute Gasteiger partial charge is 0.356 e. The summed E-state index contributed by atoms with van der Waals surface area (Å²) in [6, 6.07) is 0. The van der Waals surface area contributed by atoms with Crippen molar-refractivity contribution >= 4 is 17.5 Å². The minimum absolute atomic E-state index is 0.323. The molecular formula is C14H22ClNO. The molecule has 4 saturated carbocycles. The zero-order valence-corrected chi connectivity index (χ0v) is 11.1. The van der Waals surface area contributed by atoms with Gasteiger partial charge < -0.3 is 5.32 Å².